The smallest absolute Gasteiger partial charge is 0.303 e. The lowest BCUT2D eigenvalue weighted by Gasteiger charge is -2.20. The molecule has 0 aliphatic heterocycles. The number of ether oxygens (including phenoxy) is 2. The number of carboxylic acids is 1. The summed E-state index contributed by atoms with van der Waals surface area (Å²) in [5.74, 6) is -0.180. The quantitative estimate of drug-likeness (QED) is 0.325. The van der Waals surface area contributed by atoms with Crippen molar-refractivity contribution in [2.75, 3.05) is 13.2 Å². The Kier molecular flexibility index (Phi) is 7.45. The second-order valence-electron chi connectivity index (χ2n) is 8.31. The first-order chi connectivity index (χ1) is 16.3. The highest BCUT2D eigenvalue weighted by molar-refractivity contribution is 6.36. The molecule has 4 rings (SSSR count). The molecule has 1 heterocycles. The van der Waals surface area contributed by atoms with Crippen LogP contribution < -0.4 is 15.2 Å². The van der Waals surface area contributed by atoms with Gasteiger partial charge in [0.2, 0.25) is 5.88 Å². The predicted molar refractivity (Wildman–Crippen MR) is 130 cm³/mol. The molecule has 1 aliphatic rings. The maximum atomic E-state index is 14.0. The van der Waals surface area contributed by atoms with Crippen LogP contribution in [-0.4, -0.2) is 29.2 Å². The van der Waals surface area contributed by atoms with Crippen LogP contribution in [-0.2, 0) is 11.2 Å². The molecule has 9 heteroatoms. The van der Waals surface area contributed by atoms with Crippen LogP contribution in [0.4, 0.5) is 4.39 Å². The second kappa shape index (κ2) is 10.3. The minimum Gasteiger partial charge on any atom is -0.486 e. The highest BCUT2D eigenvalue weighted by Crippen LogP contribution is 2.47. The van der Waals surface area contributed by atoms with Gasteiger partial charge in [0.05, 0.1) is 10.5 Å². The number of pyridine rings is 1. The van der Waals surface area contributed by atoms with Crippen molar-refractivity contribution < 1.29 is 23.8 Å². The molecule has 0 unspecified atom stereocenters. The molecule has 2 aromatic carbocycles. The molecule has 6 nitrogen and oxygen atoms in total. The fourth-order valence-corrected chi connectivity index (χ4v) is 4.80. The van der Waals surface area contributed by atoms with Crippen LogP contribution in [0.25, 0.3) is 10.9 Å². The molecule has 1 saturated carbocycles. The summed E-state index contributed by atoms with van der Waals surface area (Å²) in [5, 5.41) is 10.4. The van der Waals surface area contributed by atoms with Gasteiger partial charge in [-0.1, -0.05) is 23.2 Å². The zero-order valence-corrected chi connectivity index (χ0v) is 20.1. The van der Waals surface area contributed by atoms with E-state index in [2.05, 4.69) is 4.98 Å². The predicted octanol–water partition coefficient (Wildman–Crippen LogP) is 6.05. The Morgan fingerprint density at radius 2 is 2.06 bits per heavy atom. The van der Waals surface area contributed by atoms with Gasteiger partial charge in [0.25, 0.3) is 0 Å². The number of carbonyl (C=O) groups is 1. The van der Waals surface area contributed by atoms with E-state index in [0.717, 1.165) is 34.9 Å². The number of nitrogens with two attached hydrogens (primary N) is 1. The average Bonchev–Trinajstić information content (AvgIpc) is 3.63. The summed E-state index contributed by atoms with van der Waals surface area (Å²) >= 11 is 12.4. The Labute approximate surface area is 206 Å². The van der Waals surface area contributed by atoms with Crippen molar-refractivity contribution in [1.29, 1.82) is 0 Å². The van der Waals surface area contributed by atoms with E-state index in [9.17, 15) is 14.3 Å². The van der Waals surface area contributed by atoms with Crippen LogP contribution in [0.1, 0.15) is 54.9 Å². The molecule has 3 N–H and O–H groups in total. The fraction of sp³-hybridized carbons (Fsp3) is 0.360. The lowest BCUT2D eigenvalue weighted by molar-refractivity contribution is -0.136. The summed E-state index contributed by atoms with van der Waals surface area (Å²) in [6.07, 6.45) is 1.68. The molecule has 1 aliphatic carbocycles. The van der Waals surface area contributed by atoms with Crippen molar-refractivity contribution >= 4 is 40.1 Å². The third kappa shape index (κ3) is 5.22. The molecular weight excluding hydrogens is 482 g/mol. The van der Waals surface area contributed by atoms with Crippen molar-refractivity contribution in [3.8, 4) is 11.6 Å². The number of nitrogens with zero attached hydrogens (tertiary/aromatic N) is 1. The standard InChI is InChI=1S/C25H25Cl2FN2O4/c1-13(22-18(26)6-7-19(28)24(22)27)34-15-4-8-20-17(12-15)23(14-2-3-14)16(5-9-21(31)32)25(30-20)33-11-10-29/h4,6-8,12-14H,2-3,5,9-11,29H2,1H3,(H,31,32)/t13-/m0/s1. The Morgan fingerprint density at radius 3 is 2.74 bits per heavy atom. The summed E-state index contributed by atoms with van der Waals surface area (Å²) in [5.41, 5.74) is 8.54. The number of aliphatic carboxylic acids is 1. The lowest BCUT2D eigenvalue weighted by atomic mass is 9.95. The van der Waals surface area contributed by atoms with Crippen LogP contribution >= 0.6 is 23.2 Å². The van der Waals surface area contributed by atoms with E-state index >= 15 is 0 Å². The molecule has 1 atom stereocenters. The van der Waals surface area contributed by atoms with Crippen LogP contribution in [0, 0.1) is 5.82 Å². The summed E-state index contributed by atoms with van der Waals surface area (Å²) in [7, 11) is 0. The van der Waals surface area contributed by atoms with E-state index in [-0.39, 0.29) is 18.1 Å². The number of hydrogen-bond acceptors (Lipinski definition) is 5. The van der Waals surface area contributed by atoms with Gasteiger partial charge in [-0.15, -0.1) is 0 Å². The summed E-state index contributed by atoms with van der Waals surface area (Å²) in [6.45, 7) is 2.36. The molecule has 0 saturated heterocycles. The van der Waals surface area contributed by atoms with Gasteiger partial charge in [0.1, 0.15) is 24.3 Å². The normalized spacial score (nSPS) is 14.3. The Hall–Kier alpha value is -2.61. The zero-order chi connectivity index (χ0) is 24.4. The number of hydrogen-bond donors (Lipinski definition) is 2. The fourth-order valence-electron chi connectivity index (χ4n) is 4.12. The van der Waals surface area contributed by atoms with E-state index in [4.69, 9.17) is 38.4 Å². The van der Waals surface area contributed by atoms with Crippen molar-refractivity contribution in [3.63, 3.8) is 0 Å². The van der Waals surface area contributed by atoms with Gasteiger partial charge in [-0.05, 0) is 68.0 Å². The van der Waals surface area contributed by atoms with Gasteiger partial charge in [0.15, 0.2) is 0 Å². The van der Waals surface area contributed by atoms with Crippen LogP contribution in [0.15, 0.2) is 30.3 Å². The number of rotatable bonds is 10. The highest BCUT2D eigenvalue weighted by atomic mass is 35.5. The van der Waals surface area contributed by atoms with Gasteiger partial charge in [-0.25, -0.2) is 9.37 Å². The van der Waals surface area contributed by atoms with E-state index < -0.39 is 17.9 Å². The molecule has 0 radical (unpaired) electrons. The Balaban J connectivity index is 1.76. The maximum Gasteiger partial charge on any atom is 0.303 e. The van der Waals surface area contributed by atoms with Crippen molar-refractivity contribution in [3.05, 3.63) is 62.9 Å². The lowest BCUT2D eigenvalue weighted by Crippen LogP contribution is -2.14. The van der Waals surface area contributed by atoms with Gasteiger partial charge in [0, 0.05) is 34.5 Å². The first-order valence-corrected chi connectivity index (χ1v) is 11.9. The number of halogens is 3. The number of carboxylic acid groups (broad SMARTS) is 1. The van der Waals surface area contributed by atoms with Crippen molar-refractivity contribution in [2.45, 2.75) is 44.6 Å². The SMILES string of the molecule is C[C@H](Oc1ccc2nc(OCCN)c(CCC(=O)O)c(C3CC3)c2c1)c1c(Cl)ccc(F)c1Cl. The first-order valence-electron chi connectivity index (χ1n) is 11.1. The van der Waals surface area contributed by atoms with Gasteiger partial charge in [-0.2, -0.15) is 0 Å². The average molecular weight is 507 g/mol. The molecule has 0 bridgehead atoms. The van der Waals surface area contributed by atoms with Gasteiger partial charge < -0.3 is 20.3 Å². The molecule has 34 heavy (non-hydrogen) atoms. The van der Waals surface area contributed by atoms with Crippen LogP contribution in [0.2, 0.25) is 10.0 Å². The molecule has 180 valence electrons. The third-order valence-electron chi connectivity index (χ3n) is 5.79. The second-order valence-corrected chi connectivity index (χ2v) is 9.10. The zero-order valence-electron chi connectivity index (χ0n) is 18.6. The van der Waals surface area contributed by atoms with E-state index in [0.29, 0.717) is 41.1 Å². The van der Waals surface area contributed by atoms with E-state index in [1.807, 2.05) is 12.1 Å². The molecule has 1 aromatic heterocycles. The number of benzene rings is 2. The molecule has 3 aromatic rings. The van der Waals surface area contributed by atoms with Crippen LogP contribution in [0.5, 0.6) is 11.6 Å². The van der Waals surface area contributed by atoms with Gasteiger partial charge >= 0.3 is 5.97 Å². The minimum atomic E-state index is -0.888. The summed E-state index contributed by atoms with van der Waals surface area (Å²) in [6, 6.07) is 8.14. The molecule has 1 fully saturated rings. The monoisotopic (exact) mass is 506 g/mol. The largest absolute Gasteiger partial charge is 0.486 e. The number of aromatic nitrogens is 1. The Bertz CT molecular complexity index is 1230. The van der Waals surface area contributed by atoms with Crippen molar-refractivity contribution in [2.24, 2.45) is 5.73 Å². The van der Waals surface area contributed by atoms with Crippen LogP contribution in [0.3, 0.4) is 0 Å². The summed E-state index contributed by atoms with van der Waals surface area (Å²) in [4.78, 5) is 16.0. The topological polar surface area (TPSA) is 94.7 Å². The minimum absolute atomic E-state index is 0.0321. The maximum absolute atomic E-state index is 14.0. The summed E-state index contributed by atoms with van der Waals surface area (Å²) < 4.78 is 25.9. The molecule has 0 amide bonds. The number of fused-ring (bicyclic) bond motifs is 1. The third-order valence-corrected chi connectivity index (χ3v) is 6.51. The van der Waals surface area contributed by atoms with Gasteiger partial charge in [-0.3, -0.25) is 4.79 Å². The highest BCUT2D eigenvalue weighted by Gasteiger charge is 2.31. The first kappa shape index (κ1) is 24.5. The van der Waals surface area contributed by atoms with Crippen molar-refractivity contribution in [1.82, 2.24) is 4.98 Å². The molecule has 0 spiro atoms. The van der Waals surface area contributed by atoms with E-state index in [1.165, 1.54) is 12.1 Å². The van der Waals surface area contributed by atoms with E-state index in [1.54, 1.807) is 13.0 Å². The molecular formula is C25H25Cl2FN2O4. The Morgan fingerprint density at radius 1 is 1.29 bits per heavy atom.